The molecule has 1 amide bonds. The Morgan fingerprint density at radius 1 is 1.44 bits per heavy atom. The van der Waals surface area contributed by atoms with Crippen LogP contribution in [0.2, 0.25) is 0 Å². The molecule has 2 N–H and O–H groups in total. The molecule has 18 heavy (non-hydrogen) atoms. The van der Waals surface area contributed by atoms with E-state index < -0.39 is 5.82 Å². The predicted molar refractivity (Wildman–Crippen MR) is 69.9 cm³/mol. The number of nitrogen functional groups attached to an aromatic ring is 1. The first-order chi connectivity index (χ1) is 8.30. The molecule has 0 saturated carbocycles. The summed E-state index contributed by atoms with van der Waals surface area (Å²) in [5, 5.41) is 0. The molecule has 1 saturated heterocycles. The van der Waals surface area contributed by atoms with Crippen molar-refractivity contribution in [1.29, 1.82) is 0 Å². The number of halogens is 1. The number of nitrogens with two attached hydrogens (primary N) is 1. The van der Waals surface area contributed by atoms with Crippen LogP contribution in [0, 0.1) is 18.2 Å². The first kappa shape index (κ1) is 12.9. The van der Waals surface area contributed by atoms with Crippen LogP contribution in [0.5, 0.6) is 0 Å². The molecule has 0 bridgehead atoms. The third-order valence-corrected chi connectivity index (χ3v) is 3.54. The average Bonchev–Trinajstić information content (AvgIpc) is 2.63. The quantitative estimate of drug-likeness (QED) is 0.779. The molecule has 1 heterocycles. The Morgan fingerprint density at radius 2 is 2.11 bits per heavy atom. The van der Waals surface area contributed by atoms with Gasteiger partial charge in [0.2, 0.25) is 0 Å². The van der Waals surface area contributed by atoms with Crippen molar-refractivity contribution in [2.45, 2.75) is 27.2 Å². The third kappa shape index (κ3) is 2.33. The summed E-state index contributed by atoms with van der Waals surface area (Å²) in [6.07, 6.45) is 0.995. The zero-order chi connectivity index (χ0) is 13.5. The molecule has 0 unspecified atom stereocenters. The number of nitrogens with zero attached hydrogens (tertiary/aromatic N) is 1. The van der Waals surface area contributed by atoms with E-state index in [0.717, 1.165) is 19.5 Å². The molecule has 2 rings (SSSR count). The first-order valence-corrected chi connectivity index (χ1v) is 6.15. The Kier molecular flexibility index (Phi) is 3.05. The number of hydrogen-bond donors (Lipinski definition) is 1. The molecule has 1 aliphatic rings. The largest absolute Gasteiger partial charge is 0.396 e. The van der Waals surface area contributed by atoms with Gasteiger partial charge in [-0.05, 0) is 36.5 Å². The number of carbonyl (C=O) groups excluding carboxylic acids is 1. The molecule has 1 aromatic rings. The summed E-state index contributed by atoms with van der Waals surface area (Å²) in [4.78, 5) is 14.2. The molecule has 1 fully saturated rings. The van der Waals surface area contributed by atoms with Crippen LogP contribution in [-0.4, -0.2) is 23.9 Å². The summed E-state index contributed by atoms with van der Waals surface area (Å²) < 4.78 is 13.3. The molecule has 1 aromatic carbocycles. The van der Waals surface area contributed by atoms with Gasteiger partial charge < -0.3 is 10.6 Å². The Balaban J connectivity index is 2.27. The Hall–Kier alpha value is -1.58. The van der Waals surface area contributed by atoms with Crippen LogP contribution >= 0.6 is 0 Å². The van der Waals surface area contributed by atoms with Crippen molar-refractivity contribution < 1.29 is 9.18 Å². The van der Waals surface area contributed by atoms with Crippen LogP contribution in [0.4, 0.5) is 10.1 Å². The number of carbonyl (C=O) groups is 1. The Morgan fingerprint density at radius 3 is 2.67 bits per heavy atom. The van der Waals surface area contributed by atoms with Gasteiger partial charge in [0.25, 0.3) is 5.91 Å². The van der Waals surface area contributed by atoms with E-state index in [1.54, 1.807) is 6.92 Å². The standard InChI is InChI=1S/C14H19FN2O/c1-9-6-11(15)12(16)7-10(9)13(18)17-5-4-14(2,3)8-17/h6-7H,4-5,8,16H2,1-3H3. The van der Waals surface area contributed by atoms with Gasteiger partial charge >= 0.3 is 0 Å². The molecule has 3 nitrogen and oxygen atoms in total. The number of benzene rings is 1. The van der Waals surface area contributed by atoms with Gasteiger partial charge in [0.15, 0.2) is 0 Å². The van der Waals surface area contributed by atoms with Gasteiger partial charge in [-0.15, -0.1) is 0 Å². The van der Waals surface area contributed by atoms with E-state index in [1.165, 1.54) is 12.1 Å². The summed E-state index contributed by atoms with van der Waals surface area (Å²) in [5.74, 6) is -0.518. The minimum absolute atomic E-state index is 0.0300. The topological polar surface area (TPSA) is 46.3 Å². The SMILES string of the molecule is Cc1cc(F)c(N)cc1C(=O)N1CCC(C)(C)C1. The zero-order valence-corrected chi connectivity index (χ0v) is 11.1. The summed E-state index contributed by atoms with van der Waals surface area (Å²) in [6.45, 7) is 7.51. The summed E-state index contributed by atoms with van der Waals surface area (Å²) in [5.41, 5.74) is 6.87. The minimum atomic E-state index is -0.467. The van der Waals surface area contributed by atoms with Crippen molar-refractivity contribution >= 4 is 11.6 Å². The van der Waals surface area contributed by atoms with Crippen molar-refractivity contribution in [3.8, 4) is 0 Å². The van der Waals surface area contributed by atoms with E-state index in [9.17, 15) is 9.18 Å². The van der Waals surface area contributed by atoms with Crippen molar-refractivity contribution in [2.75, 3.05) is 18.8 Å². The molecule has 0 spiro atoms. The predicted octanol–water partition coefficient (Wildman–Crippen LogP) is 2.59. The van der Waals surface area contributed by atoms with Crippen LogP contribution in [0.15, 0.2) is 12.1 Å². The van der Waals surface area contributed by atoms with Crippen LogP contribution in [-0.2, 0) is 0 Å². The summed E-state index contributed by atoms with van der Waals surface area (Å²) in [6, 6.07) is 2.77. The summed E-state index contributed by atoms with van der Waals surface area (Å²) in [7, 11) is 0. The fourth-order valence-corrected chi connectivity index (χ4v) is 2.38. The molecule has 0 aliphatic carbocycles. The maximum atomic E-state index is 13.3. The highest BCUT2D eigenvalue weighted by Crippen LogP contribution is 2.30. The second kappa shape index (κ2) is 4.26. The third-order valence-electron chi connectivity index (χ3n) is 3.54. The fourth-order valence-electron chi connectivity index (χ4n) is 2.38. The van der Waals surface area contributed by atoms with E-state index in [-0.39, 0.29) is 17.0 Å². The highest BCUT2D eigenvalue weighted by atomic mass is 19.1. The lowest BCUT2D eigenvalue weighted by Gasteiger charge is -2.21. The molecule has 98 valence electrons. The van der Waals surface area contributed by atoms with Crippen LogP contribution in [0.25, 0.3) is 0 Å². The zero-order valence-electron chi connectivity index (χ0n) is 11.1. The van der Waals surface area contributed by atoms with Gasteiger partial charge in [0, 0.05) is 18.7 Å². The van der Waals surface area contributed by atoms with Crippen LogP contribution in [0.1, 0.15) is 36.2 Å². The van der Waals surface area contributed by atoms with Gasteiger partial charge in [0.05, 0.1) is 5.69 Å². The minimum Gasteiger partial charge on any atom is -0.396 e. The molecule has 1 aliphatic heterocycles. The van der Waals surface area contributed by atoms with Crippen molar-refractivity contribution in [3.63, 3.8) is 0 Å². The molecule has 4 heteroatoms. The lowest BCUT2D eigenvalue weighted by atomic mass is 9.93. The smallest absolute Gasteiger partial charge is 0.254 e. The fraction of sp³-hybridized carbons (Fsp3) is 0.500. The Bertz CT molecular complexity index is 497. The van der Waals surface area contributed by atoms with Gasteiger partial charge in [-0.1, -0.05) is 13.8 Å². The number of rotatable bonds is 1. The molecular weight excluding hydrogens is 231 g/mol. The molecule has 0 atom stereocenters. The normalized spacial score (nSPS) is 18.1. The van der Waals surface area contributed by atoms with Crippen LogP contribution < -0.4 is 5.73 Å². The van der Waals surface area contributed by atoms with Crippen molar-refractivity contribution in [2.24, 2.45) is 5.41 Å². The van der Waals surface area contributed by atoms with E-state index in [0.29, 0.717) is 11.1 Å². The van der Waals surface area contributed by atoms with E-state index in [4.69, 9.17) is 5.73 Å². The monoisotopic (exact) mass is 250 g/mol. The first-order valence-electron chi connectivity index (χ1n) is 6.15. The van der Waals surface area contributed by atoms with Gasteiger partial charge in [-0.3, -0.25) is 4.79 Å². The number of hydrogen-bond acceptors (Lipinski definition) is 2. The summed E-state index contributed by atoms with van der Waals surface area (Å²) >= 11 is 0. The maximum Gasteiger partial charge on any atom is 0.254 e. The second-order valence-corrected chi connectivity index (χ2v) is 5.83. The molecule has 0 radical (unpaired) electrons. The van der Waals surface area contributed by atoms with E-state index in [2.05, 4.69) is 13.8 Å². The van der Waals surface area contributed by atoms with Crippen molar-refractivity contribution in [1.82, 2.24) is 4.90 Å². The number of likely N-dealkylation sites (tertiary alicyclic amines) is 1. The number of amides is 1. The van der Waals surface area contributed by atoms with E-state index >= 15 is 0 Å². The highest BCUT2D eigenvalue weighted by molar-refractivity contribution is 5.96. The van der Waals surface area contributed by atoms with Crippen molar-refractivity contribution in [3.05, 3.63) is 29.1 Å². The lowest BCUT2D eigenvalue weighted by molar-refractivity contribution is 0.0777. The maximum absolute atomic E-state index is 13.3. The average molecular weight is 250 g/mol. The van der Waals surface area contributed by atoms with Gasteiger partial charge in [-0.25, -0.2) is 4.39 Å². The number of aryl methyl sites for hydroxylation is 1. The highest BCUT2D eigenvalue weighted by Gasteiger charge is 2.32. The second-order valence-electron chi connectivity index (χ2n) is 5.83. The molecule has 0 aromatic heterocycles. The van der Waals surface area contributed by atoms with Gasteiger partial charge in [-0.2, -0.15) is 0 Å². The molecular formula is C14H19FN2O. The lowest BCUT2D eigenvalue weighted by Crippen LogP contribution is -2.30. The number of anilines is 1. The Labute approximate surface area is 107 Å². The van der Waals surface area contributed by atoms with Gasteiger partial charge in [0.1, 0.15) is 5.82 Å². The van der Waals surface area contributed by atoms with E-state index in [1.807, 2.05) is 4.90 Å². The van der Waals surface area contributed by atoms with Crippen LogP contribution in [0.3, 0.4) is 0 Å².